The highest BCUT2D eigenvalue weighted by Crippen LogP contribution is 2.25. The molecule has 6 heteroatoms. The molecule has 1 fully saturated rings. The zero-order chi connectivity index (χ0) is 21.3. The maximum Gasteiger partial charge on any atom is 0.227 e. The van der Waals surface area contributed by atoms with E-state index >= 15 is 0 Å². The summed E-state index contributed by atoms with van der Waals surface area (Å²) in [7, 11) is 0. The highest BCUT2D eigenvalue weighted by molar-refractivity contribution is 5.88. The number of carbonyl (C=O) groups excluding carboxylic acids is 2. The molecule has 3 aromatic rings. The number of rotatable bonds is 4. The number of piperazine rings is 1. The third-order valence-electron chi connectivity index (χ3n) is 5.87. The van der Waals surface area contributed by atoms with E-state index in [4.69, 9.17) is 4.42 Å². The Bertz CT molecular complexity index is 1080. The Morgan fingerprint density at radius 2 is 1.47 bits per heavy atom. The van der Waals surface area contributed by atoms with Crippen molar-refractivity contribution in [2.75, 3.05) is 26.2 Å². The summed E-state index contributed by atoms with van der Waals surface area (Å²) in [5.41, 5.74) is 4.82. The van der Waals surface area contributed by atoms with Crippen molar-refractivity contribution < 1.29 is 18.4 Å². The first-order valence-corrected chi connectivity index (χ1v) is 10.2. The minimum absolute atomic E-state index is 0.000353. The van der Waals surface area contributed by atoms with E-state index in [1.54, 1.807) is 23.3 Å². The number of halogens is 1. The molecule has 0 spiro atoms. The molecule has 1 aromatic heterocycles. The number of hydrogen-bond donors (Lipinski definition) is 0. The van der Waals surface area contributed by atoms with E-state index in [1.807, 2.05) is 17.9 Å². The molecule has 30 heavy (non-hydrogen) atoms. The molecule has 0 N–H and O–H groups in total. The minimum Gasteiger partial charge on any atom is -0.464 e. The molecule has 0 unspecified atom stereocenters. The van der Waals surface area contributed by atoms with Gasteiger partial charge in [0.05, 0.1) is 19.1 Å². The van der Waals surface area contributed by atoms with Crippen LogP contribution in [0.25, 0.3) is 11.0 Å². The minimum atomic E-state index is -0.311. The molecule has 1 aliphatic heterocycles. The normalized spacial score (nSPS) is 14.4. The van der Waals surface area contributed by atoms with Gasteiger partial charge in [-0.05, 0) is 54.8 Å². The van der Waals surface area contributed by atoms with Gasteiger partial charge in [-0.15, -0.1) is 0 Å². The summed E-state index contributed by atoms with van der Waals surface area (Å²) in [6.45, 7) is 6.14. The lowest BCUT2D eigenvalue weighted by atomic mass is 10.0. The Morgan fingerprint density at radius 3 is 2.10 bits per heavy atom. The molecule has 1 saturated heterocycles. The van der Waals surface area contributed by atoms with Crippen LogP contribution in [0.1, 0.15) is 22.3 Å². The summed E-state index contributed by atoms with van der Waals surface area (Å²) < 4.78 is 18.7. The van der Waals surface area contributed by atoms with Crippen LogP contribution in [0.15, 0.2) is 47.1 Å². The van der Waals surface area contributed by atoms with Crippen molar-refractivity contribution in [2.45, 2.75) is 26.7 Å². The summed E-state index contributed by atoms with van der Waals surface area (Å²) in [4.78, 5) is 28.9. The maximum atomic E-state index is 13.0. The maximum absolute atomic E-state index is 13.0. The smallest absolute Gasteiger partial charge is 0.227 e. The monoisotopic (exact) mass is 408 g/mol. The Kier molecular flexibility index (Phi) is 5.57. The van der Waals surface area contributed by atoms with Crippen LogP contribution in [0.3, 0.4) is 0 Å². The predicted molar refractivity (Wildman–Crippen MR) is 113 cm³/mol. The van der Waals surface area contributed by atoms with Gasteiger partial charge < -0.3 is 14.2 Å². The largest absolute Gasteiger partial charge is 0.464 e. The second-order valence-corrected chi connectivity index (χ2v) is 7.94. The molecule has 2 aromatic carbocycles. The van der Waals surface area contributed by atoms with Gasteiger partial charge in [0.25, 0.3) is 0 Å². The lowest BCUT2D eigenvalue weighted by molar-refractivity contribution is -0.138. The fraction of sp³-hybridized carbons (Fsp3) is 0.333. The summed E-state index contributed by atoms with van der Waals surface area (Å²) in [6.07, 6.45) is 2.21. The second kappa shape index (κ2) is 8.30. The number of fused-ring (bicyclic) bond motifs is 1. The average molecular weight is 408 g/mol. The molecule has 4 rings (SSSR count). The Labute approximate surface area is 175 Å². The Balaban J connectivity index is 1.34. The third kappa shape index (κ3) is 4.22. The average Bonchev–Trinajstić information content (AvgIpc) is 3.11. The summed E-state index contributed by atoms with van der Waals surface area (Å²) >= 11 is 0. The molecular formula is C24H25FN2O3. The third-order valence-corrected chi connectivity index (χ3v) is 5.87. The van der Waals surface area contributed by atoms with Crippen molar-refractivity contribution in [3.63, 3.8) is 0 Å². The van der Waals surface area contributed by atoms with Crippen LogP contribution in [-0.4, -0.2) is 47.8 Å². The topological polar surface area (TPSA) is 53.8 Å². The van der Waals surface area contributed by atoms with Gasteiger partial charge >= 0.3 is 0 Å². The van der Waals surface area contributed by atoms with Gasteiger partial charge in [0.15, 0.2) is 0 Å². The molecule has 0 atom stereocenters. The van der Waals surface area contributed by atoms with E-state index in [-0.39, 0.29) is 24.1 Å². The van der Waals surface area contributed by atoms with E-state index in [1.165, 1.54) is 17.7 Å². The zero-order valence-electron chi connectivity index (χ0n) is 17.3. The molecule has 0 aliphatic carbocycles. The number of hydrogen-bond acceptors (Lipinski definition) is 3. The number of aryl methyl sites for hydroxylation is 2. The Morgan fingerprint density at radius 1 is 0.900 bits per heavy atom. The summed E-state index contributed by atoms with van der Waals surface area (Å²) in [5, 5.41) is 0.986. The Hall–Kier alpha value is -3.15. The van der Waals surface area contributed by atoms with Crippen molar-refractivity contribution in [1.82, 2.24) is 9.80 Å². The fourth-order valence-corrected chi connectivity index (χ4v) is 3.84. The fourth-order valence-electron chi connectivity index (χ4n) is 3.84. The van der Waals surface area contributed by atoms with Crippen LogP contribution in [-0.2, 0) is 22.4 Å². The van der Waals surface area contributed by atoms with Gasteiger partial charge in [0, 0.05) is 37.1 Å². The molecule has 0 bridgehead atoms. The first kappa shape index (κ1) is 20.1. The first-order chi connectivity index (χ1) is 14.4. The van der Waals surface area contributed by atoms with E-state index in [0.29, 0.717) is 32.6 Å². The molecular weight excluding hydrogens is 383 g/mol. The van der Waals surface area contributed by atoms with Crippen LogP contribution in [0.4, 0.5) is 4.39 Å². The summed E-state index contributed by atoms with van der Waals surface area (Å²) in [6, 6.07) is 10.1. The van der Waals surface area contributed by atoms with Crippen molar-refractivity contribution in [3.05, 3.63) is 70.7 Å². The zero-order valence-corrected chi connectivity index (χ0v) is 17.3. The van der Waals surface area contributed by atoms with E-state index in [2.05, 4.69) is 13.0 Å². The molecule has 5 nitrogen and oxygen atoms in total. The van der Waals surface area contributed by atoms with Crippen LogP contribution in [0.2, 0.25) is 0 Å². The molecule has 2 heterocycles. The highest BCUT2D eigenvalue weighted by atomic mass is 19.1. The lowest BCUT2D eigenvalue weighted by Gasteiger charge is -2.35. The van der Waals surface area contributed by atoms with Crippen LogP contribution < -0.4 is 0 Å². The second-order valence-electron chi connectivity index (χ2n) is 7.94. The van der Waals surface area contributed by atoms with Gasteiger partial charge in [0.1, 0.15) is 11.4 Å². The van der Waals surface area contributed by atoms with Gasteiger partial charge in [0.2, 0.25) is 11.8 Å². The van der Waals surface area contributed by atoms with Crippen molar-refractivity contribution in [2.24, 2.45) is 0 Å². The SMILES string of the molecule is Cc1cc2occ(CC(=O)N3CCN(C(=O)Cc4ccc(F)cc4)CC3)c2cc1C. The molecule has 2 amide bonds. The highest BCUT2D eigenvalue weighted by Gasteiger charge is 2.25. The lowest BCUT2D eigenvalue weighted by Crippen LogP contribution is -2.51. The number of benzene rings is 2. The number of carbonyl (C=O) groups is 2. The first-order valence-electron chi connectivity index (χ1n) is 10.2. The molecule has 0 saturated carbocycles. The van der Waals surface area contributed by atoms with E-state index in [9.17, 15) is 14.0 Å². The van der Waals surface area contributed by atoms with Gasteiger partial charge in [-0.3, -0.25) is 9.59 Å². The van der Waals surface area contributed by atoms with Crippen LogP contribution in [0.5, 0.6) is 0 Å². The molecule has 0 radical (unpaired) electrons. The predicted octanol–water partition coefficient (Wildman–Crippen LogP) is 3.64. The van der Waals surface area contributed by atoms with Crippen molar-refractivity contribution in [3.8, 4) is 0 Å². The number of nitrogens with zero attached hydrogens (tertiary/aromatic N) is 2. The molecule has 156 valence electrons. The number of furan rings is 1. The summed E-state index contributed by atoms with van der Waals surface area (Å²) in [5.74, 6) is -0.268. The van der Waals surface area contributed by atoms with Gasteiger partial charge in [-0.25, -0.2) is 4.39 Å². The van der Waals surface area contributed by atoms with E-state index < -0.39 is 0 Å². The van der Waals surface area contributed by atoms with Crippen LogP contribution >= 0.6 is 0 Å². The number of amides is 2. The van der Waals surface area contributed by atoms with Gasteiger partial charge in [-0.1, -0.05) is 12.1 Å². The standard InChI is InChI=1S/C24H25FN2O3/c1-16-11-21-19(15-30-22(21)12-17(16)2)14-24(29)27-9-7-26(8-10-27)23(28)13-18-3-5-20(25)6-4-18/h3-6,11-12,15H,7-10,13-14H2,1-2H3. The van der Waals surface area contributed by atoms with Gasteiger partial charge in [-0.2, -0.15) is 0 Å². The van der Waals surface area contributed by atoms with Crippen LogP contribution in [0, 0.1) is 19.7 Å². The molecule has 1 aliphatic rings. The van der Waals surface area contributed by atoms with E-state index in [0.717, 1.165) is 27.7 Å². The quantitative estimate of drug-likeness (QED) is 0.662. The van der Waals surface area contributed by atoms with Crippen molar-refractivity contribution >= 4 is 22.8 Å². The van der Waals surface area contributed by atoms with Crippen molar-refractivity contribution in [1.29, 1.82) is 0 Å².